The van der Waals surface area contributed by atoms with E-state index < -0.39 is 31.2 Å². The molecular formula is C26H25Cl3N2O5S. The van der Waals surface area contributed by atoms with Crippen molar-refractivity contribution in [3.63, 3.8) is 0 Å². The number of nitrogens with one attached hydrogen (secondary N) is 1. The average Bonchev–Trinajstić information content (AvgIpc) is 3.19. The molecule has 2 atom stereocenters. The monoisotopic (exact) mass is 582 g/mol. The van der Waals surface area contributed by atoms with Gasteiger partial charge < -0.3 is 10.4 Å². The largest absolute Gasteiger partial charge is 0.392 e. The second-order valence-corrected chi connectivity index (χ2v) is 13.1. The number of hydrogen-bond acceptors (Lipinski definition) is 5. The number of benzene rings is 2. The minimum atomic E-state index is -4.02. The van der Waals surface area contributed by atoms with Crippen LogP contribution in [-0.4, -0.2) is 39.6 Å². The van der Waals surface area contributed by atoms with Crippen molar-refractivity contribution in [1.29, 1.82) is 0 Å². The Morgan fingerprint density at radius 2 is 1.78 bits per heavy atom. The number of carbonyl (C=O) groups excluding carboxylic acids is 2. The summed E-state index contributed by atoms with van der Waals surface area (Å²) < 4.78 is 26.8. The minimum Gasteiger partial charge on any atom is -0.392 e. The number of halogens is 3. The fraction of sp³-hybridized carbons (Fsp3) is 0.308. The number of fused-ring (bicyclic) bond motifs is 3. The summed E-state index contributed by atoms with van der Waals surface area (Å²) in [5, 5.41) is 12.9. The van der Waals surface area contributed by atoms with Crippen LogP contribution in [0.25, 0.3) is 10.9 Å². The van der Waals surface area contributed by atoms with E-state index in [0.29, 0.717) is 28.6 Å². The molecule has 37 heavy (non-hydrogen) atoms. The number of ketones is 1. The van der Waals surface area contributed by atoms with Crippen LogP contribution >= 0.6 is 34.8 Å². The number of carbonyl (C=O) groups is 2. The molecule has 4 rings (SSSR count). The van der Waals surface area contributed by atoms with Gasteiger partial charge in [-0.15, -0.1) is 0 Å². The number of Topliss-reactive ketones (excluding diaryl/α,β-unsaturated/α-hetero) is 1. The van der Waals surface area contributed by atoms with Gasteiger partial charge >= 0.3 is 0 Å². The highest BCUT2D eigenvalue weighted by molar-refractivity contribution is 7.90. The van der Waals surface area contributed by atoms with Crippen LogP contribution < -0.4 is 5.32 Å². The first-order chi connectivity index (χ1) is 17.4. The van der Waals surface area contributed by atoms with Crippen LogP contribution in [0.4, 0.5) is 0 Å². The number of amides is 1. The van der Waals surface area contributed by atoms with Crippen LogP contribution in [0.15, 0.2) is 71.6 Å². The summed E-state index contributed by atoms with van der Waals surface area (Å²) in [7, 11) is -4.02. The first-order valence-electron chi connectivity index (χ1n) is 11.5. The zero-order chi connectivity index (χ0) is 27.0. The van der Waals surface area contributed by atoms with E-state index in [2.05, 4.69) is 5.32 Å². The predicted molar refractivity (Wildman–Crippen MR) is 144 cm³/mol. The van der Waals surface area contributed by atoms with Crippen LogP contribution in [0, 0.1) is 5.41 Å². The average molecular weight is 584 g/mol. The highest BCUT2D eigenvalue weighted by Gasteiger charge is 2.48. The van der Waals surface area contributed by atoms with Crippen molar-refractivity contribution in [3.05, 3.63) is 78.0 Å². The van der Waals surface area contributed by atoms with Gasteiger partial charge in [0, 0.05) is 28.5 Å². The molecule has 196 valence electrons. The molecule has 1 heterocycles. The molecule has 0 spiro atoms. The molecule has 11 heteroatoms. The van der Waals surface area contributed by atoms with Crippen LogP contribution in [0.1, 0.15) is 37.1 Å². The van der Waals surface area contributed by atoms with Gasteiger partial charge in [0.05, 0.1) is 23.1 Å². The first kappa shape index (κ1) is 27.7. The number of nitrogens with zero attached hydrogens (tertiary/aromatic N) is 1. The first-order valence-corrected chi connectivity index (χ1v) is 14.1. The molecule has 0 fully saturated rings. The molecule has 1 amide bonds. The summed E-state index contributed by atoms with van der Waals surface area (Å²) >= 11 is 17.7. The zero-order valence-corrected chi connectivity index (χ0v) is 22.9. The van der Waals surface area contributed by atoms with E-state index in [4.69, 9.17) is 34.8 Å². The maximum Gasteiger partial charge on any atom is 0.272 e. The van der Waals surface area contributed by atoms with Gasteiger partial charge in [-0.25, -0.2) is 12.4 Å². The molecule has 1 aliphatic carbocycles. The lowest BCUT2D eigenvalue weighted by atomic mass is 9.66. The molecule has 1 aromatic heterocycles. The Kier molecular flexibility index (Phi) is 7.79. The quantitative estimate of drug-likeness (QED) is 0.305. The molecule has 1 aliphatic rings. The van der Waals surface area contributed by atoms with E-state index in [1.54, 1.807) is 48.5 Å². The molecule has 0 saturated heterocycles. The highest BCUT2D eigenvalue weighted by Crippen LogP contribution is 2.52. The topological polar surface area (TPSA) is 105 Å². The summed E-state index contributed by atoms with van der Waals surface area (Å²) in [6.07, 6.45) is 3.78. The second-order valence-electron chi connectivity index (χ2n) is 9.06. The third kappa shape index (κ3) is 5.18. The lowest BCUT2D eigenvalue weighted by molar-refractivity contribution is -0.124. The molecule has 0 radical (unpaired) electrons. The summed E-state index contributed by atoms with van der Waals surface area (Å²) in [5.41, 5.74) is 0.414. The molecule has 3 aromatic rings. The van der Waals surface area contributed by atoms with E-state index in [1.807, 2.05) is 0 Å². The highest BCUT2D eigenvalue weighted by atomic mass is 35.6. The number of para-hydroxylation sites is 1. The smallest absolute Gasteiger partial charge is 0.272 e. The Labute approximate surface area is 230 Å². The van der Waals surface area contributed by atoms with Gasteiger partial charge in [0.2, 0.25) is 0 Å². The summed E-state index contributed by atoms with van der Waals surface area (Å²) in [6.45, 7) is 1.14. The van der Waals surface area contributed by atoms with Gasteiger partial charge in [-0.3, -0.25) is 9.59 Å². The van der Waals surface area contributed by atoms with Gasteiger partial charge in [0.15, 0.2) is 0 Å². The van der Waals surface area contributed by atoms with Crippen molar-refractivity contribution in [2.24, 2.45) is 5.41 Å². The number of aliphatic hydroxyl groups excluding tert-OH is 1. The lowest BCUT2D eigenvalue weighted by Crippen LogP contribution is -2.47. The third-order valence-corrected chi connectivity index (χ3v) is 8.89. The van der Waals surface area contributed by atoms with E-state index in [9.17, 15) is 23.1 Å². The van der Waals surface area contributed by atoms with Crippen LogP contribution in [0.2, 0.25) is 0 Å². The fourth-order valence-electron chi connectivity index (χ4n) is 5.21. The van der Waals surface area contributed by atoms with Crippen molar-refractivity contribution in [2.45, 2.75) is 40.9 Å². The van der Waals surface area contributed by atoms with Gasteiger partial charge in [0.1, 0.15) is 5.78 Å². The number of rotatable bonds is 7. The molecule has 0 aliphatic heterocycles. The van der Waals surface area contributed by atoms with E-state index in [1.165, 1.54) is 29.1 Å². The Morgan fingerprint density at radius 3 is 2.41 bits per heavy atom. The molecular weight excluding hydrogens is 559 g/mol. The SMILES string of the molecule is CC(=O)C[C@@]1(/C=C/CO)CCc2c(c3ccccc3n2S(=O)(=O)c2ccccc2)[C@H]1NC(=O)C(Cl)(Cl)Cl. The van der Waals surface area contributed by atoms with E-state index in [0.717, 1.165) is 0 Å². The fourth-order valence-corrected chi connectivity index (χ4v) is 6.98. The summed E-state index contributed by atoms with van der Waals surface area (Å²) in [5.74, 6) is -1.07. The summed E-state index contributed by atoms with van der Waals surface area (Å²) in [6, 6.07) is 14.1. The van der Waals surface area contributed by atoms with Crippen LogP contribution in [0.5, 0.6) is 0 Å². The van der Waals surface area contributed by atoms with Gasteiger partial charge in [-0.1, -0.05) is 83.4 Å². The maximum atomic E-state index is 13.9. The lowest BCUT2D eigenvalue weighted by Gasteiger charge is -2.43. The van der Waals surface area contributed by atoms with Crippen molar-refractivity contribution < 1.29 is 23.1 Å². The molecule has 0 saturated carbocycles. The number of alkyl halides is 3. The number of aliphatic hydroxyl groups is 1. The molecule has 2 N–H and O–H groups in total. The van der Waals surface area contributed by atoms with Crippen molar-refractivity contribution in [1.82, 2.24) is 9.29 Å². The third-order valence-electron chi connectivity index (χ3n) is 6.61. The molecule has 0 bridgehead atoms. The molecule has 2 aromatic carbocycles. The van der Waals surface area contributed by atoms with Crippen LogP contribution in [-0.2, 0) is 26.0 Å². The normalized spacial score (nSPS) is 20.2. The standard InChI is InChI=1S/C26H25Cl3N2O5S/c1-17(33)16-25(13-7-15-32)14-12-21-22(23(25)30-24(34)26(27,28)29)19-10-5-6-11-20(19)31(21)37(35,36)18-8-3-2-4-9-18/h2-11,13,23,32H,12,14-16H2,1H3,(H,30,34)/b13-7+/t23-,25-/m1/s1. The van der Waals surface area contributed by atoms with Crippen LogP contribution in [0.3, 0.4) is 0 Å². The second kappa shape index (κ2) is 10.4. The van der Waals surface area contributed by atoms with Crippen molar-refractivity contribution in [3.8, 4) is 0 Å². The van der Waals surface area contributed by atoms with Gasteiger partial charge in [-0.05, 0) is 38.0 Å². The number of hydrogen-bond donors (Lipinski definition) is 2. The van der Waals surface area contributed by atoms with Gasteiger partial charge in [-0.2, -0.15) is 0 Å². The Bertz CT molecular complexity index is 1480. The predicted octanol–water partition coefficient (Wildman–Crippen LogP) is 4.87. The maximum absolute atomic E-state index is 13.9. The van der Waals surface area contributed by atoms with E-state index >= 15 is 0 Å². The van der Waals surface area contributed by atoms with Crippen molar-refractivity contribution in [2.75, 3.05) is 6.61 Å². The minimum absolute atomic E-state index is 0.0126. The number of aromatic nitrogens is 1. The Hall–Kier alpha value is -2.36. The van der Waals surface area contributed by atoms with Gasteiger partial charge in [0.25, 0.3) is 19.7 Å². The Balaban J connectivity index is 2.05. The Morgan fingerprint density at radius 1 is 1.14 bits per heavy atom. The zero-order valence-electron chi connectivity index (χ0n) is 19.8. The molecule has 0 unspecified atom stereocenters. The van der Waals surface area contributed by atoms with E-state index in [-0.39, 0.29) is 30.1 Å². The molecule has 7 nitrogen and oxygen atoms in total. The van der Waals surface area contributed by atoms with Crippen molar-refractivity contribution >= 4 is 67.4 Å². The summed E-state index contributed by atoms with van der Waals surface area (Å²) in [4.78, 5) is 25.5.